The lowest BCUT2D eigenvalue weighted by Crippen LogP contribution is -2.42. The normalized spacial score (nSPS) is 12.5. The maximum absolute atomic E-state index is 12.1. The molecule has 6 heteroatoms. The Kier molecular flexibility index (Phi) is 5.42. The van der Waals surface area contributed by atoms with Gasteiger partial charge in [-0.3, -0.25) is 4.79 Å². The molecule has 5 nitrogen and oxygen atoms in total. The Morgan fingerprint density at radius 1 is 1.47 bits per heavy atom. The van der Waals surface area contributed by atoms with Crippen LogP contribution >= 0.6 is 11.6 Å². The molecule has 1 aromatic rings. The van der Waals surface area contributed by atoms with E-state index in [4.69, 9.17) is 16.7 Å². The van der Waals surface area contributed by atoms with E-state index >= 15 is 0 Å². The molecule has 0 spiro atoms. The molecule has 19 heavy (non-hydrogen) atoms. The first-order valence-corrected chi connectivity index (χ1v) is 6.62. The lowest BCUT2D eigenvalue weighted by Gasteiger charge is -2.16. The van der Waals surface area contributed by atoms with Gasteiger partial charge in [-0.15, -0.1) is 0 Å². The molecule has 106 valence electrons. The SMILES string of the molecule is CCn1cc(Cl)cc1C(=O)NC(CC(C)C)C(=O)O. The average Bonchev–Trinajstić information content (AvgIpc) is 2.68. The molecular weight excluding hydrogens is 268 g/mol. The van der Waals surface area contributed by atoms with Gasteiger partial charge in [0.25, 0.3) is 5.91 Å². The van der Waals surface area contributed by atoms with Crippen molar-refractivity contribution in [2.45, 2.75) is 39.8 Å². The van der Waals surface area contributed by atoms with Crippen LogP contribution < -0.4 is 5.32 Å². The minimum atomic E-state index is -1.03. The average molecular weight is 287 g/mol. The van der Waals surface area contributed by atoms with Crippen molar-refractivity contribution in [3.05, 3.63) is 23.0 Å². The van der Waals surface area contributed by atoms with Crippen molar-refractivity contribution in [2.24, 2.45) is 5.92 Å². The lowest BCUT2D eigenvalue weighted by atomic mass is 10.0. The monoisotopic (exact) mass is 286 g/mol. The van der Waals surface area contributed by atoms with Gasteiger partial charge in [-0.1, -0.05) is 25.4 Å². The van der Waals surface area contributed by atoms with Crippen LogP contribution in [0.4, 0.5) is 0 Å². The van der Waals surface area contributed by atoms with E-state index < -0.39 is 17.9 Å². The van der Waals surface area contributed by atoms with E-state index in [1.165, 1.54) is 6.07 Å². The molecule has 2 N–H and O–H groups in total. The third-order valence-electron chi connectivity index (χ3n) is 2.75. The van der Waals surface area contributed by atoms with Crippen LogP contribution in [0, 0.1) is 5.92 Å². The Bertz CT molecular complexity index is 468. The summed E-state index contributed by atoms with van der Waals surface area (Å²) < 4.78 is 1.69. The molecule has 0 aliphatic heterocycles. The molecule has 0 aliphatic carbocycles. The van der Waals surface area contributed by atoms with Crippen LogP contribution in [0.1, 0.15) is 37.7 Å². The number of amides is 1. The highest BCUT2D eigenvalue weighted by molar-refractivity contribution is 6.31. The van der Waals surface area contributed by atoms with Gasteiger partial charge in [-0.05, 0) is 25.3 Å². The molecule has 0 bridgehead atoms. The number of aryl methyl sites for hydroxylation is 1. The van der Waals surface area contributed by atoms with E-state index in [1.807, 2.05) is 20.8 Å². The van der Waals surface area contributed by atoms with Gasteiger partial charge < -0.3 is 15.0 Å². The molecule has 0 aromatic carbocycles. The minimum Gasteiger partial charge on any atom is -0.480 e. The van der Waals surface area contributed by atoms with E-state index in [0.717, 1.165) is 0 Å². The fourth-order valence-corrected chi connectivity index (χ4v) is 2.07. The Hall–Kier alpha value is -1.49. The first-order chi connectivity index (χ1) is 8.85. The molecule has 0 radical (unpaired) electrons. The molecule has 1 amide bonds. The van der Waals surface area contributed by atoms with Crippen molar-refractivity contribution in [1.29, 1.82) is 0 Å². The zero-order valence-corrected chi connectivity index (χ0v) is 12.1. The molecular formula is C13H19ClN2O3. The van der Waals surface area contributed by atoms with Gasteiger partial charge in [0.15, 0.2) is 0 Å². The van der Waals surface area contributed by atoms with Crippen LogP contribution in [0.5, 0.6) is 0 Å². The summed E-state index contributed by atoms with van der Waals surface area (Å²) in [7, 11) is 0. The van der Waals surface area contributed by atoms with E-state index in [-0.39, 0.29) is 5.92 Å². The number of nitrogens with one attached hydrogen (secondary N) is 1. The molecule has 1 heterocycles. The summed E-state index contributed by atoms with van der Waals surface area (Å²) in [6.07, 6.45) is 2.04. The van der Waals surface area contributed by atoms with Crippen LogP contribution in [-0.2, 0) is 11.3 Å². The smallest absolute Gasteiger partial charge is 0.326 e. The van der Waals surface area contributed by atoms with Crippen LogP contribution in [0.3, 0.4) is 0 Å². The summed E-state index contributed by atoms with van der Waals surface area (Å²) in [6, 6.07) is 0.653. The quantitative estimate of drug-likeness (QED) is 0.843. The molecule has 0 fully saturated rings. The van der Waals surface area contributed by atoms with Gasteiger partial charge in [0.1, 0.15) is 11.7 Å². The first kappa shape index (κ1) is 15.6. The summed E-state index contributed by atoms with van der Waals surface area (Å²) in [5, 5.41) is 12.1. The Labute approximate surface area is 117 Å². The number of aliphatic carboxylic acids is 1. The second-order valence-electron chi connectivity index (χ2n) is 4.82. The second kappa shape index (κ2) is 6.61. The maximum atomic E-state index is 12.1. The van der Waals surface area contributed by atoms with Crippen molar-refractivity contribution < 1.29 is 14.7 Å². The molecule has 0 saturated heterocycles. The van der Waals surface area contributed by atoms with Gasteiger partial charge in [0.05, 0.1) is 5.02 Å². The topological polar surface area (TPSA) is 71.3 Å². The van der Waals surface area contributed by atoms with E-state index in [0.29, 0.717) is 23.7 Å². The standard InChI is InChI=1S/C13H19ClN2O3/c1-4-16-7-9(14)6-11(16)12(17)15-10(13(18)19)5-8(2)3/h6-8,10H,4-5H2,1-3H3,(H,15,17)(H,18,19). The van der Waals surface area contributed by atoms with Gasteiger partial charge in [-0.25, -0.2) is 4.79 Å². The molecule has 1 atom stereocenters. The van der Waals surface area contributed by atoms with Crippen molar-refractivity contribution in [3.8, 4) is 0 Å². The fraction of sp³-hybridized carbons (Fsp3) is 0.538. The summed E-state index contributed by atoms with van der Waals surface area (Å²) in [5.74, 6) is -1.26. The van der Waals surface area contributed by atoms with Crippen molar-refractivity contribution in [1.82, 2.24) is 9.88 Å². The summed E-state index contributed by atoms with van der Waals surface area (Å²) >= 11 is 5.85. The molecule has 1 unspecified atom stereocenters. The van der Waals surface area contributed by atoms with Crippen LogP contribution in [-0.4, -0.2) is 27.6 Å². The van der Waals surface area contributed by atoms with Gasteiger partial charge in [0.2, 0.25) is 0 Å². The number of carboxylic acids is 1. The predicted octanol–water partition coefficient (Wildman–Crippen LogP) is 2.39. The largest absolute Gasteiger partial charge is 0.480 e. The Morgan fingerprint density at radius 3 is 2.58 bits per heavy atom. The number of nitrogens with zero attached hydrogens (tertiary/aromatic N) is 1. The number of aromatic nitrogens is 1. The first-order valence-electron chi connectivity index (χ1n) is 6.24. The van der Waals surface area contributed by atoms with Crippen molar-refractivity contribution >= 4 is 23.5 Å². The van der Waals surface area contributed by atoms with Crippen molar-refractivity contribution in [2.75, 3.05) is 0 Å². The van der Waals surface area contributed by atoms with E-state index in [1.54, 1.807) is 10.8 Å². The number of carboxylic acid groups (broad SMARTS) is 1. The highest BCUT2D eigenvalue weighted by Gasteiger charge is 2.23. The van der Waals surface area contributed by atoms with Crippen LogP contribution in [0.25, 0.3) is 0 Å². The highest BCUT2D eigenvalue weighted by atomic mass is 35.5. The number of rotatable bonds is 6. The van der Waals surface area contributed by atoms with Crippen LogP contribution in [0.2, 0.25) is 5.02 Å². The minimum absolute atomic E-state index is 0.183. The molecule has 1 aromatic heterocycles. The number of carbonyl (C=O) groups is 2. The molecule has 0 saturated carbocycles. The zero-order chi connectivity index (χ0) is 14.6. The van der Waals surface area contributed by atoms with Crippen molar-refractivity contribution in [3.63, 3.8) is 0 Å². The fourth-order valence-electron chi connectivity index (χ4n) is 1.85. The summed E-state index contributed by atoms with van der Waals surface area (Å²) in [4.78, 5) is 23.2. The molecule has 1 rings (SSSR count). The maximum Gasteiger partial charge on any atom is 0.326 e. The second-order valence-corrected chi connectivity index (χ2v) is 5.26. The highest BCUT2D eigenvalue weighted by Crippen LogP contribution is 2.15. The van der Waals surface area contributed by atoms with Gasteiger partial charge in [-0.2, -0.15) is 0 Å². The third kappa shape index (κ3) is 4.28. The Balaban J connectivity index is 2.84. The lowest BCUT2D eigenvalue weighted by molar-refractivity contribution is -0.139. The van der Waals surface area contributed by atoms with E-state index in [2.05, 4.69) is 5.32 Å². The summed E-state index contributed by atoms with van der Waals surface area (Å²) in [5.41, 5.74) is 0.377. The summed E-state index contributed by atoms with van der Waals surface area (Å²) in [6.45, 7) is 6.30. The number of hydrogen-bond donors (Lipinski definition) is 2. The predicted molar refractivity (Wildman–Crippen MR) is 73.5 cm³/mol. The zero-order valence-electron chi connectivity index (χ0n) is 11.3. The number of hydrogen-bond acceptors (Lipinski definition) is 2. The van der Waals surface area contributed by atoms with Crippen LogP contribution in [0.15, 0.2) is 12.3 Å². The number of carbonyl (C=O) groups excluding carboxylic acids is 1. The van der Waals surface area contributed by atoms with Gasteiger partial charge in [0, 0.05) is 12.7 Å². The van der Waals surface area contributed by atoms with Gasteiger partial charge >= 0.3 is 5.97 Å². The third-order valence-corrected chi connectivity index (χ3v) is 2.95. The Morgan fingerprint density at radius 2 is 2.11 bits per heavy atom. The number of halogens is 1. The van der Waals surface area contributed by atoms with E-state index in [9.17, 15) is 9.59 Å². The molecule has 0 aliphatic rings.